The summed E-state index contributed by atoms with van der Waals surface area (Å²) in [5.74, 6) is 0.750. The minimum Gasteiger partial charge on any atom is -0.481 e. The van der Waals surface area contributed by atoms with Crippen LogP contribution in [-0.4, -0.2) is 73.3 Å². The van der Waals surface area contributed by atoms with Crippen LogP contribution in [-0.2, 0) is 15.9 Å². The third-order valence-electron chi connectivity index (χ3n) is 9.52. The number of aliphatic hydroxyl groups excluding tert-OH is 1. The number of likely N-dealkylation sites (tertiary alicyclic amines) is 1. The maximum atomic E-state index is 13.0. The van der Waals surface area contributed by atoms with E-state index in [1.165, 1.54) is 32.6 Å². The van der Waals surface area contributed by atoms with E-state index in [9.17, 15) is 10.2 Å². The molecule has 8 nitrogen and oxygen atoms in total. The van der Waals surface area contributed by atoms with E-state index in [-0.39, 0.29) is 23.8 Å². The van der Waals surface area contributed by atoms with Crippen molar-refractivity contribution >= 4 is 0 Å². The van der Waals surface area contributed by atoms with Gasteiger partial charge in [0.2, 0.25) is 11.8 Å². The monoisotopic (exact) mass is 544 g/mol. The highest BCUT2D eigenvalue weighted by atomic mass is 16.5. The molecule has 4 aliphatic rings. The van der Waals surface area contributed by atoms with Crippen molar-refractivity contribution in [3.05, 3.63) is 82.9 Å². The van der Waals surface area contributed by atoms with Crippen LogP contribution in [0.15, 0.2) is 60.7 Å². The zero-order valence-electron chi connectivity index (χ0n) is 23.1. The quantitative estimate of drug-likeness (QED) is 0.445. The zero-order chi connectivity index (χ0) is 27.6. The van der Waals surface area contributed by atoms with Crippen molar-refractivity contribution in [1.82, 2.24) is 9.88 Å². The van der Waals surface area contributed by atoms with E-state index in [1.807, 2.05) is 18.2 Å². The summed E-state index contributed by atoms with van der Waals surface area (Å²) >= 11 is 0. The van der Waals surface area contributed by atoms with Gasteiger partial charge in [-0.05, 0) is 35.4 Å². The van der Waals surface area contributed by atoms with Gasteiger partial charge < -0.3 is 29.2 Å². The molecule has 3 fully saturated rings. The lowest BCUT2D eigenvalue weighted by Crippen LogP contribution is -2.54. The normalized spacial score (nSPS) is 31.3. The Kier molecular flexibility index (Phi) is 6.09. The van der Waals surface area contributed by atoms with E-state index in [0.29, 0.717) is 29.7 Å². The third kappa shape index (κ3) is 3.56. The molecular formula is C32H36N2O6. The molecule has 3 heterocycles. The molecule has 7 rings (SSSR count). The molecule has 2 aromatic carbocycles. The number of methoxy groups -OCH3 is 3. The molecule has 2 aliphatic carbocycles. The van der Waals surface area contributed by atoms with E-state index in [1.54, 1.807) is 13.2 Å². The molecule has 0 amide bonds. The van der Waals surface area contributed by atoms with Crippen molar-refractivity contribution < 1.29 is 29.2 Å². The standard InChI is InChI=1S/C32H36N2O6/c1-37-23-16-34(17-23)18-24-27(21-7-5-4-6-8-21)32(22-13-11-20(12-14-22)19-9-10-19)31(36,29(24)35)28-25(40-32)15-26(38-2)33-30(28)39-3/h4-8,11-15,19,23-24,27,29,35-36H,9-10,16-18H2,1-3H3/t24-,27-,29-,31+,32+/m1/s1. The van der Waals surface area contributed by atoms with E-state index in [0.717, 1.165) is 24.2 Å². The summed E-state index contributed by atoms with van der Waals surface area (Å²) in [6.07, 6.45) is 1.40. The summed E-state index contributed by atoms with van der Waals surface area (Å²) in [6.45, 7) is 2.14. The number of aliphatic hydroxyl groups is 2. The Balaban J connectivity index is 1.45. The van der Waals surface area contributed by atoms with Gasteiger partial charge in [-0.15, -0.1) is 0 Å². The molecule has 40 heavy (non-hydrogen) atoms. The number of hydrogen-bond donors (Lipinski definition) is 2. The number of hydrogen-bond acceptors (Lipinski definition) is 8. The van der Waals surface area contributed by atoms with Crippen LogP contribution in [0.25, 0.3) is 0 Å². The molecular weight excluding hydrogens is 508 g/mol. The van der Waals surface area contributed by atoms with Gasteiger partial charge in [-0.25, -0.2) is 0 Å². The van der Waals surface area contributed by atoms with Gasteiger partial charge in [0.1, 0.15) is 5.75 Å². The fraction of sp³-hybridized carbons (Fsp3) is 0.469. The van der Waals surface area contributed by atoms with Gasteiger partial charge in [-0.3, -0.25) is 4.90 Å². The lowest BCUT2D eigenvalue weighted by molar-refractivity contribution is -0.153. The molecule has 0 bridgehead atoms. The second-order valence-corrected chi connectivity index (χ2v) is 11.6. The van der Waals surface area contributed by atoms with Crippen LogP contribution in [0.5, 0.6) is 17.5 Å². The van der Waals surface area contributed by atoms with Gasteiger partial charge in [0.05, 0.1) is 32.0 Å². The minimum atomic E-state index is -1.84. The SMILES string of the molecule is COc1cc2c(c(OC)n1)[C@]1(O)[C@H](O)[C@H](CN3CC(OC)C3)[C@@H](c3ccccc3)[C@]1(c1ccc(C3CC3)cc1)O2. The van der Waals surface area contributed by atoms with Gasteiger partial charge >= 0.3 is 0 Å². The summed E-state index contributed by atoms with van der Waals surface area (Å²) in [7, 11) is 4.77. The summed E-state index contributed by atoms with van der Waals surface area (Å²) in [5.41, 5.74) is 0.268. The predicted molar refractivity (Wildman–Crippen MR) is 148 cm³/mol. The highest BCUT2D eigenvalue weighted by molar-refractivity contribution is 5.60. The molecule has 2 saturated carbocycles. The Labute approximate surface area is 234 Å². The van der Waals surface area contributed by atoms with Crippen LogP contribution in [0.1, 0.15) is 46.9 Å². The summed E-state index contributed by atoms with van der Waals surface area (Å²) in [4.78, 5) is 6.78. The number of pyridine rings is 1. The number of rotatable bonds is 8. The van der Waals surface area contributed by atoms with Gasteiger partial charge in [0.25, 0.3) is 0 Å². The summed E-state index contributed by atoms with van der Waals surface area (Å²) in [6, 6.07) is 20.2. The highest BCUT2D eigenvalue weighted by Gasteiger charge is 2.77. The molecule has 0 unspecified atom stereocenters. The first-order valence-corrected chi connectivity index (χ1v) is 14.1. The van der Waals surface area contributed by atoms with Crippen LogP contribution in [0.2, 0.25) is 0 Å². The molecule has 0 spiro atoms. The fourth-order valence-electron chi connectivity index (χ4n) is 7.40. The number of fused-ring (bicyclic) bond motifs is 3. The van der Waals surface area contributed by atoms with Crippen LogP contribution >= 0.6 is 0 Å². The van der Waals surface area contributed by atoms with Crippen molar-refractivity contribution in [2.45, 2.75) is 48.1 Å². The second kappa shape index (κ2) is 9.45. The van der Waals surface area contributed by atoms with Crippen molar-refractivity contribution in [3.8, 4) is 17.5 Å². The maximum Gasteiger partial charge on any atom is 0.226 e. The van der Waals surface area contributed by atoms with Gasteiger partial charge in [-0.2, -0.15) is 4.98 Å². The van der Waals surface area contributed by atoms with E-state index >= 15 is 0 Å². The first-order chi connectivity index (χ1) is 19.4. The van der Waals surface area contributed by atoms with E-state index < -0.39 is 17.3 Å². The Hall–Kier alpha value is -3.17. The molecule has 2 aliphatic heterocycles. The van der Waals surface area contributed by atoms with Crippen molar-refractivity contribution in [1.29, 1.82) is 0 Å². The zero-order valence-corrected chi connectivity index (χ0v) is 23.1. The lowest BCUT2D eigenvalue weighted by atomic mass is 9.70. The van der Waals surface area contributed by atoms with Gasteiger partial charge in [0, 0.05) is 44.6 Å². The Bertz CT molecular complexity index is 1390. The molecule has 3 aromatic rings. The van der Waals surface area contributed by atoms with Crippen LogP contribution in [0.4, 0.5) is 0 Å². The molecule has 5 atom stereocenters. The molecule has 1 saturated heterocycles. The maximum absolute atomic E-state index is 13.0. The largest absolute Gasteiger partial charge is 0.481 e. The average Bonchev–Trinajstić information content (AvgIpc) is 3.75. The van der Waals surface area contributed by atoms with Crippen molar-refractivity contribution in [2.75, 3.05) is 41.0 Å². The number of nitrogens with zero attached hydrogens (tertiary/aromatic N) is 2. The fourth-order valence-corrected chi connectivity index (χ4v) is 7.40. The molecule has 0 radical (unpaired) electrons. The van der Waals surface area contributed by atoms with Crippen molar-refractivity contribution in [3.63, 3.8) is 0 Å². The van der Waals surface area contributed by atoms with Crippen LogP contribution in [0, 0.1) is 5.92 Å². The van der Waals surface area contributed by atoms with Gasteiger partial charge in [0.15, 0.2) is 11.2 Å². The second-order valence-electron chi connectivity index (χ2n) is 11.6. The molecule has 8 heteroatoms. The number of ether oxygens (including phenoxy) is 4. The molecule has 210 valence electrons. The Morgan fingerprint density at radius 2 is 1.70 bits per heavy atom. The minimum absolute atomic E-state index is 0.175. The van der Waals surface area contributed by atoms with Crippen molar-refractivity contribution in [2.24, 2.45) is 5.92 Å². The number of benzene rings is 2. The van der Waals surface area contributed by atoms with E-state index in [2.05, 4.69) is 46.3 Å². The topological polar surface area (TPSA) is 93.5 Å². The predicted octanol–water partition coefficient (Wildman–Crippen LogP) is 3.56. The first-order valence-electron chi connectivity index (χ1n) is 14.1. The third-order valence-corrected chi connectivity index (χ3v) is 9.52. The first kappa shape index (κ1) is 25.8. The average molecular weight is 545 g/mol. The summed E-state index contributed by atoms with van der Waals surface area (Å²) in [5, 5.41) is 25.4. The van der Waals surface area contributed by atoms with Crippen LogP contribution < -0.4 is 14.2 Å². The van der Waals surface area contributed by atoms with Crippen LogP contribution in [0.3, 0.4) is 0 Å². The molecule has 1 aromatic heterocycles. The van der Waals surface area contributed by atoms with E-state index in [4.69, 9.17) is 18.9 Å². The smallest absolute Gasteiger partial charge is 0.226 e. The Morgan fingerprint density at radius 1 is 0.975 bits per heavy atom. The molecule has 2 N–H and O–H groups in total. The lowest BCUT2D eigenvalue weighted by Gasteiger charge is -2.42. The number of aromatic nitrogens is 1. The highest BCUT2D eigenvalue weighted by Crippen LogP contribution is 2.70. The van der Waals surface area contributed by atoms with Gasteiger partial charge in [-0.1, -0.05) is 54.6 Å². The summed E-state index contributed by atoms with van der Waals surface area (Å²) < 4.78 is 23.7. The Morgan fingerprint density at radius 3 is 2.33 bits per heavy atom.